The first-order valence-electron chi connectivity index (χ1n) is 8.11. The van der Waals surface area contributed by atoms with Gasteiger partial charge in [-0.1, -0.05) is 13.0 Å². The summed E-state index contributed by atoms with van der Waals surface area (Å²) in [5, 5.41) is 1.87. The molecular formula is C17H20F2N4O2. The van der Waals surface area contributed by atoms with Crippen molar-refractivity contribution in [3.8, 4) is 0 Å². The molecule has 1 aromatic carbocycles. The fourth-order valence-electron chi connectivity index (χ4n) is 2.91. The van der Waals surface area contributed by atoms with E-state index in [1.54, 1.807) is 13.8 Å². The average Bonchev–Trinajstić information content (AvgIpc) is 2.58. The lowest BCUT2D eigenvalue weighted by Crippen LogP contribution is -2.41. The van der Waals surface area contributed by atoms with Gasteiger partial charge in [0, 0.05) is 30.1 Å². The second-order valence-corrected chi connectivity index (χ2v) is 5.99. The van der Waals surface area contributed by atoms with E-state index in [-0.39, 0.29) is 17.1 Å². The van der Waals surface area contributed by atoms with E-state index in [1.807, 2.05) is 5.01 Å². The highest BCUT2D eigenvalue weighted by Crippen LogP contribution is 2.28. The molecule has 2 heterocycles. The van der Waals surface area contributed by atoms with Gasteiger partial charge in [0.15, 0.2) is 0 Å². The Labute approximate surface area is 143 Å². The Kier molecular flexibility index (Phi) is 5.10. The summed E-state index contributed by atoms with van der Waals surface area (Å²) in [6.07, 6.45) is 0. The molecule has 1 aliphatic heterocycles. The Balaban J connectivity index is 1.96. The predicted octanol–water partition coefficient (Wildman–Crippen LogP) is 2.17. The molecular weight excluding hydrogens is 330 g/mol. The number of rotatable bonds is 4. The maximum atomic E-state index is 14.1. The van der Waals surface area contributed by atoms with Crippen LogP contribution in [0, 0.1) is 18.6 Å². The highest BCUT2D eigenvalue weighted by molar-refractivity contribution is 5.37. The van der Waals surface area contributed by atoms with Crippen molar-refractivity contribution in [2.75, 3.05) is 31.7 Å². The Bertz CT molecular complexity index is 799. The lowest BCUT2D eigenvalue weighted by atomic mass is 9.94. The van der Waals surface area contributed by atoms with Crippen molar-refractivity contribution in [3.63, 3.8) is 0 Å². The molecule has 6 nitrogen and oxygen atoms in total. The van der Waals surface area contributed by atoms with E-state index in [0.717, 1.165) is 0 Å². The summed E-state index contributed by atoms with van der Waals surface area (Å²) in [6.45, 7) is 5.66. The summed E-state index contributed by atoms with van der Waals surface area (Å²) in [6, 6.07) is 3.71. The SMILES string of the molecule is Cc1c(C(C)c2c(F)cccc2F)nc(NN2CCOCC2)[nH]c1=O. The number of hydrogen-bond donors (Lipinski definition) is 2. The van der Waals surface area contributed by atoms with E-state index in [2.05, 4.69) is 15.4 Å². The molecule has 0 amide bonds. The van der Waals surface area contributed by atoms with Gasteiger partial charge in [0.2, 0.25) is 5.95 Å². The van der Waals surface area contributed by atoms with Crippen molar-refractivity contribution >= 4 is 5.95 Å². The Morgan fingerprint density at radius 1 is 1.28 bits per heavy atom. The number of H-pyrrole nitrogens is 1. The minimum absolute atomic E-state index is 0.0963. The molecule has 1 atom stereocenters. The first kappa shape index (κ1) is 17.5. The third-order valence-electron chi connectivity index (χ3n) is 4.31. The van der Waals surface area contributed by atoms with Crippen molar-refractivity contribution in [1.82, 2.24) is 15.0 Å². The van der Waals surface area contributed by atoms with E-state index in [1.165, 1.54) is 18.2 Å². The molecule has 3 rings (SSSR count). The topological polar surface area (TPSA) is 70.2 Å². The zero-order chi connectivity index (χ0) is 18.0. The van der Waals surface area contributed by atoms with Crippen LogP contribution < -0.4 is 11.0 Å². The monoisotopic (exact) mass is 350 g/mol. The van der Waals surface area contributed by atoms with Crippen LogP contribution in [0.1, 0.15) is 29.7 Å². The zero-order valence-corrected chi connectivity index (χ0v) is 14.1. The zero-order valence-electron chi connectivity index (χ0n) is 14.1. The molecule has 0 spiro atoms. The maximum Gasteiger partial charge on any atom is 0.255 e. The number of ether oxygens (including phenoxy) is 1. The van der Waals surface area contributed by atoms with Gasteiger partial charge in [0.25, 0.3) is 5.56 Å². The number of morpholine rings is 1. The van der Waals surface area contributed by atoms with Gasteiger partial charge in [-0.3, -0.25) is 15.2 Å². The van der Waals surface area contributed by atoms with Crippen molar-refractivity contribution in [2.24, 2.45) is 0 Å². The number of hydrogen-bond acceptors (Lipinski definition) is 5. The first-order chi connectivity index (χ1) is 12.0. The van der Waals surface area contributed by atoms with Gasteiger partial charge in [-0.15, -0.1) is 0 Å². The summed E-state index contributed by atoms with van der Waals surface area (Å²) < 4.78 is 33.5. The van der Waals surface area contributed by atoms with Crippen LogP contribution >= 0.6 is 0 Å². The lowest BCUT2D eigenvalue weighted by Gasteiger charge is -2.27. The number of aromatic amines is 1. The van der Waals surface area contributed by atoms with E-state index in [4.69, 9.17) is 4.74 Å². The average molecular weight is 350 g/mol. The number of aromatic nitrogens is 2. The van der Waals surface area contributed by atoms with Crippen molar-refractivity contribution in [3.05, 3.63) is 57.0 Å². The molecule has 1 saturated heterocycles. The fraction of sp³-hybridized carbons (Fsp3) is 0.412. The van der Waals surface area contributed by atoms with Crippen LogP contribution in [0.2, 0.25) is 0 Å². The van der Waals surface area contributed by atoms with Gasteiger partial charge in [0.05, 0.1) is 18.9 Å². The lowest BCUT2D eigenvalue weighted by molar-refractivity contribution is 0.0492. The molecule has 2 aromatic rings. The van der Waals surface area contributed by atoms with E-state index >= 15 is 0 Å². The molecule has 1 aromatic heterocycles. The van der Waals surface area contributed by atoms with Crippen LogP contribution in [0.25, 0.3) is 0 Å². The summed E-state index contributed by atoms with van der Waals surface area (Å²) in [4.78, 5) is 19.3. The Morgan fingerprint density at radius 2 is 1.92 bits per heavy atom. The fourth-order valence-corrected chi connectivity index (χ4v) is 2.91. The normalized spacial score (nSPS) is 16.6. The molecule has 0 radical (unpaired) electrons. The summed E-state index contributed by atoms with van der Waals surface area (Å²) in [5.74, 6) is -1.77. The third kappa shape index (κ3) is 3.69. The minimum Gasteiger partial charge on any atom is -0.379 e. The molecule has 8 heteroatoms. The molecule has 1 fully saturated rings. The Hall–Kier alpha value is -2.32. The molecule has 0 saturated carbocycles. The number of benzene rings is 1. The van der Waals surface area contributed by atoms with Gasteiger partial charge in [-0.25, -0.2) is 18.8 Å². The minimum atomic E-state index is -0.700. The largest absolute Gasteiger partial charge is 0.379 e. The van der Waals surface area contributed by atoms with Crippen LogP contribution in [-0.4, -0.2) is 41.3 Å². The van der Waals surface area contributed by atoms with Gasteiger partial charge >= 0.3 is 0 Å². The first-order valence-corrected chi connectivity index (χ1v) is 8.11. The van der Waals surface area contributed by atoms with Crippen LogP contribution in [0.5, 0.6) is 0 Å². The van der Waals surface area contributed by atoms with Crippen LogP contribution in [0.3, 0.4) is 0 Å². The Morgan fingerprint density at radius 3 is 2.56 bits per heavy atom. The van der Waals surface area contributed by atoms with Crippen LogP contribution in [0.15, 0.2) is 23.0 Å². The molecule has 134 valence electrons. The third-order valence-corrected chi connectivity index (χ3v) is 4.31. The highest BCUT2D eigenvalue weighted by atomic mass is 19.1. The molecule has 0 aliphatic carbocycles. The van der Waals surface area contributed by atoms with Crippen molar-refractivity contribution in [1.29, 1.82) is 0 Å². The van der Waals surface area contributed by atoms with Gasteiger partial charge in [-0.2, -0.15) is 0 Å². The second-order valence-electron chi connectivity index (χ2n) is 5.99. The smallest absolute Gasteiger partial charge is 0.255 e. The number of nitrogens with zero attached hydrogens (tertiary/aromatic N) is 2. The van der Waals surface area contributed by atoms with Gasteiger partial charge < -0.3 is 4.74 Å². The van der Waals surface area contributed by atoms with E-state index in [0.29, 0.717) is 37.6 Å². The molecule has 25 heavy (non-hydrogen) atoms. The van der Waals surface area contributed by atoms with Crippen molar-refractivity contribution < 1.29 is 13.5 Å². The summed E-state index contributed by atoms with van der Waals surface area (Å²) in [5.41, 5.74) is 3.26. The van der Waals surface area contributed by atoms with E-state index in [9.17, 15) is 13.6 Å². The molecule has 0 bridgehead atoms. The molecule has 1 aliphatic rings. The summed E-state index contributed by atoms with van der Waals surface area (Å²) in [7, 11) is 0. The van der Waals surface area contributed by atoms with Crippen LogP contribution in [0.4, 0.5) is 14.7 Å². The maximum absolute atomic E-state index is 14.1. The number of anilines is 1. The van der Waals surface area contributed by atoms with Crippen molar-refractivity contribution in [2.45, 2.75) is 19.8 Å². The van der Waals surface area contributed by atoms with Gasteiger partial charge in [0.1, 0.15) is 11.6 Å². The molecule has 1 unspecified atom stereocenters. The van der Waals surface area contributed by atoms with E-state index < -0.39 is 17.6 Å². The van der Waals surface area contributed by atoms with Crippen LogP contribution in [-0.2, 0) is 4.74 Å². The highest BCUT2D eigenvalue weighted by Gasteiger charge is 2.23. The number of hydrazine groups is 1. The van der Waals surface area contributed by atoms with Gasteiger partial charge in [-0.05, 0) is 19.1 Å². The second kappa shape index (κ2) is 7.28. The standard InChI is InChI=1S/C17H20F2N4O2/c1-10(14-12(18)4-3-5-13(14)19)15-11(2)16(24)21-17(20-15)22-23-6-8-25-9-7-23/h3-5,10H,6-9H2,1-2H3,(H2,20,21,22,24). The quantitative estimate of drug-likeness (QED) is 0.884. The predicted molar refractivity (Wildman–Crippen MR) is 89.5 cm³/mol. The molecule has 2 N–H and O–H groups in total. The number of nitrogens with one attached hydrogen (secondary N) is 2. The number of halogens is 2. The summed E-state index contributed by atoms with van der Waals surface area (Å²) >= 11 is 0.